The van der Waals surface area contributed by atoms with Crippen molar-refractivity contribution in [2.45, 2.75) is 32.2 Å². The Labute approximate surface area is 125 Å². The van der Waals surface area contributed by atoms with E-state index < -0.39 is 0 Å². The number of benzene rings is 1. The van der Waals surface area contributed by atoms with Gasteiger partial charge < -0.3 is 15.0 Å². The van der Waals surface area contributed by atoms with E-state index in [1.54, 1.807) is 7.11 Å². The zero-order valence-corrected chi connectivity index (χ0v) is 12.6. The van der Waals surface area contributed by atoms with Crippen LogP contribution < -0.4 is 10.1 Å². The number of hydrogen-bond donors (Lipinski definition) is 1. The van der Waals surface area contributed by atoms with E-state index in [-0.39, 0.29) is 17.9 Å². The standard InChI is InChI=1S/C16H22N2O3/c1-12(19)17-14-7-9-18(10-8-14)16(20)11-13-3-5-15(21-2)6-4-13/h3-6,14H,7-11H2,1-2H3,(H,17,19). The molecule has 0 unspecified atom stereocenters. The number of piperidine rings is 1. The molecular formula is C16H22N2O3. The molecule has 114 valence electrons. The highest BCUT2D eigenvalue weighted by Gasteiger charge is 2.23. The minimum absolute atomic E-state index is 0.00184. The average Bonchev–Trinajstić information content (AvgIpc) is 2.48. The van der Waals surface area contributed by atoms with Crippen molar-refractivity contribution in [2.24, 2.45) is 0 Å². The predicted molar refractivity (Wildman–Crippen MR) is 80.1 cm³/mol. The number of likely N-dealkylation sites (tertiary alicyclic amines) is 1. The van der Waals surface area contributed by atoms with Crippen molar-refractivity contribution in [2.75, 3.05) is 20.2 Å². The van der Waals surface area contributed by atoms with E-state index in [2.05, 4.69) is 5.32 Å². The van der Waals surface area contributed by atoms with Gasteiger partial charge in [0.1, 0.15) is 5.75 Å². The topological polar surface area (TPSA) is 58.6 Å². The molecule has 1 N–H and O–H groups in total. The van der Waals surface area contributed by atoms with Crippen LogP contribution in [0.25, 0.3) is 0 Å². The van der Waals surface area contributed by atoms with Crippen LogP contribution in [0.4, 0.5) is 0 Å². The molecule has 1 aromatic rings. The molecule has 5 nitrogen and oxygen atoms in total. The first-order valence-corrected chi connectivity index (χ1v) is 7.26. The van der Waals surface area contributed by atoms with Gasteiger partial charge >= 0.3 is 0 Å². The van der Waals surface area contributed by atoms with Crippen LogP contribution in [0.1, 0.15) is 25.3 Å². The van der Waals surface area contributed by atoms with E-state index in [0.717, 1.165) is 24.2 Å². The van der Waals surface area contributed by atoms with Crippen molar-refractivity contribution >= 4 is 11.8 Å². The fourth-order valence-electron chi connectivity index (χ4n) is 2.59. The van der Waals surface area contributed by atoms with Crippen LogP contribution in [0.2, 0.25) is 0 Å². The van der Waals surface area contributed by atoms with Crippen LogP contribution in [0, 0.1) is 0 Å². The quantitative estimate of drug-likeness (QED) is 0.911. The zero-order valence-electron chi connectivity index (χ0n) is 12.6. The van der Waals surface area contributed by atoms with Gasteiger partial charge in [0, 0.05) is 26.1 Å². The van der Waals surface area contributed by atoms with Crippen molar-refractivity contribution in [1.82, 2.24) is 10.2 Å². The summed E-state index contributed by atoms with van der Waals surface area (Å²) in [4.78, 5) is 25.2. The molecule has 0 atom stereocenters. The second kappa shape index (κ2) is 7.11. The van der Waals surface area contributed by atoms with E-state index in [1.807, 2.05) is 29.2 Å². The number of rotatable bonds is 4. The summed E-state index contributed by atoms with van der Waals surface area (Å²) in [5, 5.41) is 2.91. The molecular weight excluding hydrogens is 268 g/mol. The number of carbonyl (C=O) groups excluding carboxylic acids is 2. The van der Waals surface area contributed by atoms with Crippen LogP contribution >= 0.6 is 0 Å². The largest absolute Gasteiger partial charge is 0.497 e. The summed E-state index contributed by atoms with van der Waals surface area (Å²) in [6.07, 6.45) is 2.07. The molecule has 0 aliphatic carbocycles. The van der Waals surface area contributed by atoms with Gasteiger partial charge in [-0.15, -0.1) is 0 Å². The molecule has 0 saturated carbocycles. The summed E-state index contributed by atoms with van der Waals surface area (Å²) >= 11 is 0. The summed E-state index contributed by atoms with van der Waals surface area (Å²) in [6, 6.07) is 7.77. The molecule has 2 amide bonds. The Kier molecular flexibility index (Phi) is 5.20. The number of nitrogens with one attached hydrogen (secondary N) is 1. The van der Waals surface area contributed by atoms with Gasteiger partial charge in [-0.25, -0.2) is 0 Å². The third kappa shape index (κ3) is 4.48. The molecule has 1 fully saturated rings. The second-order valence-electron chi connectivity index (χ2n) is 5.38. The maximum absolute atomic E-state index is 12.3. The predicted octanol–water partition coefficient (Wildman–Crippen LogP) is 1.36. The van der Waals surface area contributed by atoms with Gasteiger partial charge in [0.15, 0.2) is 0 Å². The van der Waals surface area contributed by atoms with Gasteiger partial charge in [0.25, 0.3) is 0 Å². The third-order valence-electron chi connectivity index (χ3n) is 3.77. The SMILES string of the molecule is COc1ccc(CC(=O)N2CCC(NC(C)=O)CC2)cc1. The molecule has 1 aliphatic heterocycles. The molecule has 1 saturated heterocycles. The van der Waals surface area contributed by atoms with Crippen LogP contribution in [0.5, 0.6) is 5.75 Å². The number of methoxy groups -OCH3 is 1. The van der Waals surface area contributed by atoms with Gasteiger partial charge in [0.2, 0.25) is 11.8 Å². The maximum Gasteiger partial charge on any atom is 0.226 e. The molecule has 0 aromatic heterocycles. The minimum Gasteiger partial charge on any atom is -0.497 e. The average molecular weight is 290 g/mol. The molecule has 0 radical (unpaired) electrons. The lowest BCUT2D eigenvalue weighted by Crippen LogP contribution is -2.46. The smallest absolute Gasteiger partial charge is 0.226 e. The first-order valence-electron chi connectivity index (χ1n) is 7.26. The van der Waals surface area contributed by atoms with Crippen molar-refractivity contribution < 1.29 is 14.3 Å². The minimum atomic E-state index is -0.00184. The van der Waals surface area contributed by atoms with Crippen molar-refractivity contribution in [3.05, 3.63) is 29.8 Å². The van der Waals surface area contributed by atoms with E-state index in [1.165, 1.54) is 6.92 Å². The lowest BCUT2D eigenvalue weighted by Gasteiger charge is -2.32. The van der Waals surface area contributed by atoms with Crippen molar-refractivity contribution in [3.63, 3.8) is 0 Å². The van der Waals surface area contributed by atoms with Gasteiger partial charge in [-0.1, -0.05) is 12.1 Å². The fourth-order valence-corrected chi connectivity index (χ4v) is 2.59. The number of amides is 2. The normalized spacial score (nSPS) is 15.6. The molecule has 2 rings (SSSR count). The highest BCUT2D eigenvalue weighted by Crippen LogP contribution is 2.15. The Morgan fingerprint density at radius 1 is 1.24 bits per heavy atom. The van der Waals surface area contributed by atoms with Crippen molar-refractivity contribution in [1.29, 1.82) is 0 Å². The van der Waals surface area contributed by atoms with Gasteiger partial charge in [-0.3, -0.25) is 9.59 Å². The lowest BCUT2D eigenvalue weighted by atomic mass is 10.0. The first-order chi connectivity index (χ1) is 10.1. The summed E-state index contributed by atoms with van der Waals surface area (Å²) in [6.45, 7) is 2.95. The van der Waals surface area contributed by atoms with Gasteiger partial charge in [-0.2, -0.15) is 0 Å². The third-order valence-corrected chi connectivity index (χ3v) is 3.77. The molecule has 1 aromatic carbocycles. The van der Waals surface area contributed by atoms with Crippen LogP contribution in [0.15, 0.2) is 24.3 Å². The monoisotopic (exact) mass is 290 g/mol. The van der Waals surface area contributed by atoms with E-state index in [0.29, 0.717) is 19.5 Å². The molecule has 0 spiro atoms. The number of nitrogens with zero attached hydrogens (tertiary/aromatic N) is 1. The van der Waals surface area contributed by atoms with Gasteiger partial charge in [0.05, 0.1) is 13.5 Å². The molecule has 1 aliphatic rings. The Hall–Kier alpha value is -2.04. The zero-order chi connectivity index (χ0) is 15.2. The second-order valence-corrected chi connectivity index (χ2v) is 5.38. The number of hydrogen-bond acceptors (Lipinski definition) is 3. The number of carbonyl (C=O) groups is 2. The van der Waals surface area contributed by atoms with Crippen LogP contribution in [-0.2, 0) is 16.0 Å². The Bertz CT molecular complexity index is 491. The Balaban J connectivity index is 1.82. The summed E-state index contributed by atoms with van der Waals surface area (Å²) in [5.41, 5.74) is 0.991. The van der Waals surface area contributed by atoms with E-state index >= 15 is 0 Å². The summed E-state index contributed by atoms with van der Waals surface area (Å²) in [7, 11) is 1.62. The Morgan fingerprint density at radius 2 is 1.86 bits per heavy atom. The van der Waals surface area contributed by atoms with Crippen molar-refractivity contribution in [3.8, 4) is 5.75 Å². The number of ether oxygens (including phenoxy) is 1. The molecule has 1 heterocycles. The van der Waals surface area contributed by atoms with Crippen LogP contribution in [0.3, 0.4) is 0 Å². The molecule has 21 heavy (non-hydrogen) atoms. The Morgan fingerprint density at radius 3 is 2.38 bits per heavy atom. The summed E-state index contributed by atoms with van der Waals surface area (Å²) in [5.74, 6) is 0.932. The lowest BCUT2D eigenvalue weighted by molar-refractivity contribution is -0.131. The highest BCUT2D eigenvalue weighted by molar-refractivity contribution is 5.79. The highest BCUT2D eigenvalue weighted by atomic mass is 16.5. The van der Waals surface area contributed by atoms with Crippen LogP contribution in [-0.4, -0.2) is 43.0 Å². The maximum atomic E-state index is 12.3. The van der Waals surface area contributed by atoms with E-state index in [4.69, 9.17) is 4.74 Å². The van der Waals surface area contributed by atoms with Gasteiger partial charge in [-0.05, 0) is 30.5 Å². The fraction of sp³-hybridized carbons (Fsp3) is 0.500. The molecule has 5 heteroatoms. The first kappa shape index (κ1) is 15.4. The van der Waals surface area contributed by atoms with E-state index in [9.17, 15) is 9.59 Å². The summed E-state index contributed by atoms with van der Waals surface area (Å²) < 4.78 is 5.10. The molecule has 0 bridgehead atoms.